The Kier molecular flexibility index (Phi) is 6.06. The zero-order chi connectivity index (χ0) is 11.1. The van der Waals surface area contributed by atoms with Gasteiger partial charge >= 0.3 is 20.2 Å². The maximum Gasteiger partial charge on any atom is 0.317 e. The first-order chi connectivity index (χ1) is 6.41. The van der Waals surface area contributed by atoms with E-state index in [2.05, 4.69) is 4.52 Å². The molecular formula is C5H10NO7P. The zero-order valence-electron chi connectivity index (χ0n) is 7.04. The van der Waals surface area contributed by atoms with E-state index in [-0.39, 0.29) is 0 Å². The van der Waals surface area contributed by atoms with Crippen molar-refractivity contribution in [2.75, 3.05) is 19.8 Å². The molecule has 14 heavy (non-hydrogen) atoms. The van der Waals surface area contributed by atoms with Crippen molar-refractivity contribution >= 4 is 20.2 Å². The summed E-state index contributed by atoms with van der Waals surface area (Å²) in [5.41, 5.74) is 0. The van der Waals surface area contributed by atoms with E-state index in [0.717, 1.165) is 4.90 Å². The quantitative estimate of drug-likeness (QED) is 0.366. The topological polar surface area (TPSA) is 124 Å². The molecule has 82 valence electrons. The fourth-order valence-corrected chi connectivity index (χ4v) is 0.969. The third-order valence-electron chi connectivity index (χ3n) is 1.09. The molecule has 0 aliphatic carbocycles. The number of hydrogen-bond donors (Lipinski definition) is 3. The highest BCUT2D eigenvalue weighted by atomic mass is 31.1. The number of aliphatic carboxylic acids is 2. The Morgan fingerprint density at radius 1 is 1.21 bits per heavy atom. The van der Waals surface area contributed by atoms with Crippen LogP contribution in [0.1, 0.15) is 0 Å². The first-order valence-electron chi connectivity index (χ1n) is 3.43. The van der Waals surface area contributed by atoms with Gasteiger partial charge in [0.2, 0.25) is 0 Å². The van der Waals surface area contributed by atoms with Gasteiger partial charge in [-0.2, -0.15) is 0 Å². The lowest BCUT2D eigenvalue weighted by Gasteiger charge is -2.16. The second-order valence-electron chi connectivity index (χ2n) is 2.31. The van der Waals surface area contributed by atoms with Gasteiger partial charge in [-0.1, -0.05) is 0 Å². The van der Waals surface area contributed by atoms with Crippen LogP contribution in [0.5, 0.6) is 0 Å². The standard InChI is InChI=1S/C5H10NO7P/c7-4(8)1-6(2-5(9)10)3-13-14(11)12/h14H,1-3H2,(H,7,8)(H,9,10)(H,11,12). The minimum absolute atomic E-state index is 0.507. The van der Waals surface area contributed by atoms with E-state index >= 15 is 0 Å². The average molecular weight is 227 g/mol. The maximum absolute atomic E-state index is 10.2. The second-order valence-corrected chi connectivity index (χ2v) is 3.13. The van der Waals surface area contributed by atoms with Crippen LogP contribution in [0.15, 0.2) is 0 Å². The molecule has 0 aromatic rings. The van der Waals surface area contributed by atoms with E-state index in [1.54, 1.807) is 0 Å². The molecule has 0 aromatic carbocycles. The van der Waals surface area contributed by atoms with Gasteiger partial charge in [-0.25, -0.2) is 0 Å². The minimum atomic E-state index is -3.18. The minimum Gasteiger partial charge on any atom is -0.480 e. The van der Waals surface area contributed by atoms with Gasteiger partial charge in [0.25, 0.3) is 0 Å². The van der Waals surface area contributed by atoms with Crippen LogP contribution in [0, 0.1) is 0 Å². The van der Waals surface area contributed by atoms with E-state index in [9.17, 15) is 14.2 Å². The Morgan fingerprint density at radius 3 is 1.93 bits per heavy atom. The van der Waals surface area contributed by atoms with Crippen LogP contribution in [-0.4, -0.2) is 51.8 Å². The van der Waals surface area contributed by atoms with E-state index in [4.69, 9.17) is 15.1 Å². The molecule has 0 saturated heterocycles. The fourth-order valence-electron chi connectivity index (χ4n) is 0.676. The van der Waals surface area contributed by atoms with Gasteiger partial charge in [0.1, 0.15) is 6.73 Å². The lowest BCUT2D eigenvalue weighted by atomic mass is 10.5. The molecule has 8 nitrogen and oxygen atoms in total. The molecule has 1 unspecified atom stereocenters. The van der Waals surface area contributed by atoms with E-state index in [1.165, 1.54) is 0 Å². The van der Waals surface area contributed by atoms with E-state index in [0.29, 0.717) is 0 Å². The predicted octanol–water partition coefficient (Wildman–Crippen LogP) is -1.19. The van der Waals surface area contributed by atoms with Gasteiger partial charge in [-0.05, 0) is 0 Å². The highest BCUT2D eigenvalue weighted by molar-refractivity contribution is 7.32. The van der Waals surface area contributed by atoms with Gasteiger partial charge in [-0.15, -0.1) is 0 Å². The molecule has 1 atom stereocenters. The highest BCUT2D eigenvalue weighted by Crippen LogP contribution is 2.14. The maximum atomic E-state index is 10.2. The Bertz CT molecular complexity index is 226. The van der Waals surface area contributed by atoms with Crippen molar-refractivity contribution in [1.82, 2.24) is 4.90 Å². The van der Waals surface area contributed by atoms with Crippen molar-refractivity contribution in [2.45, 2.75) is 0 Å². The normalized spacial score (nSPS) is 12.7. The highest BCUT2D eigenvalue weighted by Gasteiger charge is 2.13. The zero-order valence-corrected chi connectivity index (χ0v) is 8.04. The molecule has 0 aliphatic rings. The first kappa shape index (κ1) is 13.1. The number of rotatable bonds is 7. The lowest BCUT2D eigenvalue weighted by Crippen LogP contribution is -2.35. The summed E-state index contributed by atoms with van der Waals surface area (Å²) in [5.74, 6) is -2.49. The second kappa shape index (κ2) is 6.50. The summed E-state index contributed by atoms with van der Waals surface area (Å²) in [6.45, 7) is -1.64. The monoisotopic (exact) mass is 227 g/mol. The Morgan fingerprint density at radius 2 is 1.64 bits per heavy atom. The molecule has 0 heterocycles. The average Bonchev–Trinajstić information content (AvgIpc) is 1.97. The van der Waals surface area contributed by atoms with Crippen molar-refractivity contribution in [3.8, 4) is 0 Å². The Balaban J connectivity index is 4.03. The molecule has 0 bridgehead atoms. The van der Waals surface area contributed by atoms with Crippen molar-refractivity contribution in [3.63, 3.8) is 0 Å². The summed E-state index contributed by atoms with van der Waals surface area (Å²) >= 11 is 0. The molecule has 3 N–H and O–H groups in total. The van der Waals surface area contributed by atoms with Crippen LogP contribution in [0.4, 0.5) is 0 Å². The largest absolute Gasteiger partial charge is 0.480 e. The third-order valence-corrected chi connectivity index (χ3v) is 1.46. The van der Waals surface area contributed by atoms with Crippen molar-refractivity contribution < 1.29 is 33.8 Å². The summed E-state index contributed by atoms with van der Waals surface area (Å²) in [6.07, 6.45) is 0. The molecule has 0 aliphatic heterocycles. The number of hydrogen-bond acceptors (Lipinski definition) is 5. The van der Waals surface area contributed by atoms with Gasteiger partial charge in [0.15, 0.2) is 0 Å². The third kappa shape index (κ3) is 7.69. The van der Waals surface area contributed by atoms with Crippen LogP contribution >= 0.6 is 8.25 Å². The molecule has 0 fully saturated rings. The molecule has 0 radical (unpaired) electrons. The van der Waals surface area contributed by atoms with E-state index in [1.807, 2.05) is 0 Å². The summed E-state index contributed by atoms with van der Waals surface area (Å²) in [6, 6.07) is 0. The van der Waals surface area contributed by atoms with Crippen molar-refractivity contribution in [1.29, 1.82) is 0 Å². The lowest BCUT2D eigenvalue weighted by molar-refractivity contribution is -0.143. The van der Waals surface area contributed by atoms with Crippen LogP contribution in [0.25, 0.3) is 0 Å². The Labute approximate surface area is 79.7 Å². The smallest absolute Gasteiger partial charge is 0.317 e. The van der Waals surface area contributed by atoms with Gasteiger partial charge in [-0.3, -0.25) is 23.6 Å². The number of carbonyl (C=O) groups is 2. The summed E-state index contributed by atoms with van der Waals surface area (Å²) in [7, 11) is -3.18. The SMILES string of the molecule is O=C(O)CN(CO[PH](=O)O)CC(=O)O. The first-order valence-corrected chi connectivity index (χ1v) is 4.70. The molecule has 0 spiro atoms. The predicted molar refractivity (Wildman–Crippen MR) is 44.0 cm³/mol. The van der Waals surface area contributed by atoms with Crippen LogP contribution in [0.3, 0.4) is 0 Å². The summed E-state index contributed by atoms with van der Waals surface area (Å²) in [5, 5.41) is 16.7. The number of carboxylic acid groups (broad SMARTS) is 2. The van der Waals surface area contributed by atoms with Gasteiger partial charge < -0.3 is 15.1 Å². The van der Waals surface area contributed by atoms with Crippen LogP contribution in [-0.2, 0) is 18.7 Å². The van der Waals surface area contributed by atoms with Gasteiger partial charge in [0, 0.05) is 0 Å². The number of nitrogens with zero attached hydrogens (tertiary/aromatic N) is 1. The molecule has 0 aromatic heterocycles. The van der Waals surface area contributed by atoms with Crippen LogP contribution < -0.4 is 0 Å². The van der Waals surface area contributed by atoms with E-state index < -0.39 is 40.0 Å². The molecular weight excluding hydrogens is 217 g/mol. The summed E-state index contributed by atoms with van der Waals surface area (Å²) < 4.78 is 14.3. The van der Waals surface area contributed by atoms with Gasteiger partial charge in [0.05, 0.1) is 13.1 Å². The fraction of sp³-hybridized carbons (Fsp3) is 0.600. The van der Waals surface area contributed by atoms with Crippen molar-refractivity contribution in [3.05, 3.63) is 0 Å². The molecule has 0 rings (SSSR count). The Hall–Kier alpha value is -0.950. The molecule has 0 saturated carbocycles. The molecule has 0 amide bonds. The molecule has 9 heteroatoms. The number of carboxylic acids is 2. The summed E-state index contributed by atoms with van der Waals surface area (Å²) in [4.78, 5) is 29.6. The van der Waals surface area contributed by atoms with Crippen LogP contribution in [0.2, 0.25) is 0 Å². The van der Waals surface area contributed by atoms with Crippen molar-refractivity contribution in [2.24, 2.45) is 0 Å².